The molecule has 2 aliphatic rings. The first-order valence-electron chi connectivity index (χ1n) is 11.3. The third kappa shape index (κ3) is 4.13. The minimum atomic E-state index is -0.134. The Hall–Kier alpha value is -3.54. The Morgan fingerprint density at radius 3 is 2.61 bits per heavy atom. The minimum Gasteiger partial charge on any atom is -0.482 e. The van der Waals surface area contributed by atoms with Crippen LogP contribution in [0.15, 0.2) is 59.0 Å². The summed E-state index contributed by atoms with van der Waals surface area (Å²) in [5, 5.41) is 0. The Labute approximate surface area is 193 Å². The fourth-order valence-electron chi connectivity index (χ4n) is 4.40. The lowest BCUT2D eigenvalue weighted by Gasteiger charge is -2.31. The molecule has 2 amide bonds. The van der Waals surface area contributed by atoms with Gasteiger partial charge in [-0.15, -0.1) is 0 Å². The van der Waals surface area contributed by atoms with Gasteiger partial charge < -0.3 is 14.1 Å². The summed E-state index contributed by atoms with van der Waals surface area (Å²) in [5.41, 5.74) is 4.26. The van der Waals surface area contributed by atoms with Crippen molar-refractivity contribution in [2.75, 3.05) is 18.1 Å². The second kappa shape index (κ2) is 8.10. The van der Waals surface area contributed by atoms with Crippen LogP contribution in [0.1, 0.15) is 53.8 Å². The van der Waals surface area contributed by atoms with Crippen molar-refractivity contribution in [1.82, 2.24) is 4.90 Å². The molecule has 1 aromatic heterocycles. The third-order valence-corrected chi connectivity index (χ3v) is 6.37. The number of fused-ring (bicyclic) bond motifs is 2. The van der Waals surface area contributed by atoms with Crippen LogP contribution in [0.2, 0.25) is 0 Å². The van der Waals surface area contributed by atoms with Gasteiger partial charge in [-0.3, -0.25) is 14.5 Å². The Morgan fingerprint density at radius 1 is 1.03 bits per heavy atom. The first kappa shape index (κ1) is 21.3. The zero-order valence-electron chi connectivity index (χ0n) is 19.3. The van der Waals surface area contributed by atoms with E-state index in [2.05, 4.69) is 32.9 Å². The highest BCUT2D eigenvalue weighted by Gasteiger charge is 2.29. The highest BCUT2D eigenvalue weighted by Crippen LogP contribution is 2.37. The zero-order valence-corrected chi connectivity index (χ0v) is 19.3. The molecule has 0 radical (unpaired) electrons. The Bertz CT molecular complexity index is 1220. The van der Waals surface area contributed by atoms with E-state index in [-0.39, 0.29) is 30.4 Å². The number of carbonyl (C=O) groups is 2. The molecule has 2 aliphatic heterocycles. The number of hydrogen-bond acceptors (Lipinski definition) is 4. The van der Waals surface area contributed by atoms with Crippen LogP contribution in [0.3, 0.4) is 0 Å². The average molecular weight is 445 g/mol. The summed E-state index contributed by atoms with van der Waals surface area (Å²) in [6.45, 7) is 7.88. The van der Waals surface area contributed by atoms with Gasteiger partial charge in [-0.1, -0.05) is 51.1 Å². The lowest BCUT2D eigenvalue weighted by Crippen LogP contribution is -2.38. The first-order valence-corrected chi connectivity index (χ1v) is 11.3. The van der Waals surface area contributed by atoms with Crippen LogP contribution in [-0.2, 0) is 29.7 Å². The van der Waals surface area contributed by atoms with Gasteiger partial charge in [0.2, 0.25) is 0 Å². The van der Waals surface area contributed by atoms with Crippen molar-refractivity contribution in [3.63, 3.8) is 0 Å². The summed E-state index contributed by atoms with van der Waals surface area (Å²) >= 11 is 0. The summed E-state index contributed by atoms with van der Waals surface area (Å²) in [6, 6.07) is 17.7. The number of amides is 2. The van der Waals surface area contributed by atoms with E-state index >= 15 is 0 Å². The molecule has 0 spiro atoms. The fraction of sp³-hybridized carbons (Fsp3) is 0.333. The summed E-state index contributed by atoms with van der Waals surface area (Å²) in [7, 11) is 0. The van der Waals surface area contributed by atoms with Crippen LogP contribution in [-0.4, -0.2) is 29.9 Å². The average Bonchev–Trinajstić information content (AvgIpc) is 3.28. The van der Waals surface area contributed by atoms with Gasteiger partial charge in [0.15, 0.2) is 12.4 Å². The van der Waals surface area contributed by atoms with Gasteiger partial charge in [0.1, 0.15) is 11.5 Å². The van der Waals surface area contributed by atoms with Crippen LogP contribution >= 0.6 is 0 Å². The van der Waals surface area contributed by atoms with Crippen LogP contribution in [0.25, 0.3) is 0 Å². The maximum atomic E-state index is 13.1. The van der Waals surface area contributed by atoms with Crippen LogP contribution in [0.4, 0.5) is 5.69 Å². The zero-order chi connectivity index (χ0) is 23.2. The Kier molecular flexibility index (Phi) is 5.23. The Balaban J connectivity index is 1.35. The predicted molar refractivity (Wildman–Crippen MR) is 125 cm³/mol. The predicted octanol–water partition coefficient (Wildman–Crippen LogP) is 4.70. The van der Waals surface area contributed by atoms with E-state index in [4.69, 9.17) is 9.15 Å². The molecule has 0 unspecified atom stereocenters. The molecular formula is C27H28N2O4. The summed E-state index contributed by atoms with van der Waals surface area (Å²) in [6.07, 6.45) is 0.838. The van der Waals surface area contributed by atoms with Crippen LogP contribution < -0.4 is 9.64 Å². The molecule has 0 atom stereocenters. The molecule has 2 aromatic carbocycles. The number of benzene rings is 2. The molecular weight excluding hydrogens is 416 g/mol. The molecule has 0 aliphatic carbocycles. The molecule has 170 valence electrons. The van der Waals surface area contributed by atoms with Crippen molar-refractivity contribution >= 4 is 17.5 Å². The van der Waals surface area contributed by atoms with E-state index in [1.165, 1.54) is 11.1 Å². The quantitative estimate of drug-likeness (QED) is 0.587. The molecule has 6 heteroatoms. The maximum Gasteiger partial charge on any atom is 0.289 e. The van der Waals surface area contributed by atoms with Gasteiger partial charge in [-0.25, -0.2) is 0 Å². The summed E-state index contributed by atoms with van der Waals surface area (Å²) < 4.78 is 11.6. The van der Waals surface area contributed by atoms with Gasteiger partial charge in [-0.05, 0) is 52.8 Å². The maximum absolute atomic E-state index is 13.1. The van der Waals surface area contributed by atoms with E-state index in [1.54, 1.807) is 17.0 Å². The van der Waals surface area contributed by atoms with Gasteiger partial charge in [0.05, 0.1) is 12.2 Å². The molecule has 0 bridgehead atoms. The lowest BCUT2D eigenvalue weighted by molar-refractivity contribution is -0.121. The molecule has 0 saturated heterocycles. The van der Waals surface area contributed by atoms with Gasteiger partial charge in [0.25, 0.3) is 11.8 Å². The largest absolute Gasteiger partial charge is 0.482 e. The van der Waals surface area contributed by atoms with E-state index in [9.17, 15) is 9.59 Å². The van der Waals surface area contributed by atoms with Crippen LogP contribution in [0.5, 0.6) is 5.75 Å². The van der Waals surface area contributed by atoms with E-state index in [0.29, 0.717) is 30.4 Å². The molecule has 3 aromatic rings. The number of furan rings is 1. The monoisotopic (exact) mass is 444 g/mol. The van der Waals surface area contributed by atoms with Crippen molar-refractivity contribution in [1.29, 1.82) is 0 Å². The number of hydrogen-bond donors (Lipinski definition) is 0. The second-order valence-corrected chi connectivity index (χ2v) is 9.71. The lowest BCUT2D eigenvalue weighted by atomic mass is 9.86. The normalized spacial score (nSPS) is 15.7. The van der Waals surface area contributed by atoms with Crippen molar-refractivity contribution in [2.45, 2.75) is 45.7 Å². The number of ether oxygens (including phenoxy) is 1. The molecule has 0 N–H and O–H groups in total. The highest BCUT2D eigenvalue weighted by atomic mass is 16.5. The standard InChI is InChI=1S/C27H28N2O4/c1-27(2,3)20-8-10-23-22(14-20)29(25(30)17-32-23)16-21-9-11-24(33-21)26(31)28-13-12-18-6-4-5-7-19(18)15-28/h4-11,14H,12-13,15-17H2,1-3H3. The van der Waals surface area contributed by atoms with Crippen molar-refractivity contribution in [3.05, 3.63) is 82.8 Å². The molecule has 0 fully saturated rings. The Morgan fingerprint density at radius 2 is 1.82 bits per heavy atom. The van der Waals surface area contributed by atoms with Crippen molar-refractivity contribution in [3.8, 4) is 5.75 Å². The van der Waals surface area contributed by atoms with Crippen LogP contribution in [0, 0.1) is 0 Å². The summed E-state index contributed by atoms with van der Waals surface area (Å²) in [5.74, 6) is 1.29. The van der Waals surface area contributed by atoms with E-state index in [0.717, 1.165) is 17.7 Å². The fourth-order valence-corrected chi connectivity index (χ4v) is 4.40. The molecule has 0 saturated carbocycles. The molecule has 3 heterocycles. The first-order chi connectivity index (χ1) is 15.8. The minimum absolute atomic E-state index is 0.0124. The van der Waals surface area contributed by atoms with Gasteiger partial charge in [-0.2, -0.15) is 0 Å². The second-order valence-electron chi connectivity index (χ2n) is 9.71. The summed E-state index contributed by atoms with van der Waals surface area (Å²) in [4.78, 5) is 29.3. The highest BCUT2D eigenvalue weighted by molar-refractivity contribution is 5.98. The third-order valence-electron chi connectivity index (χ3n) is 6.37. The SMILES string of the molecule is CC(C)(C)c1ccc2c(c1)N(Cc1ccc(C(=O)N3CCc4ccccc4C3)o1)C(=O)CO2. The van der Waals surface area contributed by atoms with Crippen molar-refractivity contribution in [2.24, 2.45) is 0 Å². The topological polar surface area (TPSA) is 63.0 Å². The number of anilines is 1. The van der Waals surface area contributed by atoms with Gasteiger partial charge in [0, 0.05) is 13.1 Å². The van der Waals surface area contributed by atoms with Gasteiger partial charge >= 0.3 is 0 Å². The van der Waals surface area contributed by atoms with E-state index < -0.39 is 0 Å². The molecule has 33 heavy (non-hydrogen) atoms. The number of rotatable bonds is 3. The van der Waals surface area contributed by atoms with E-state index in [1.807, 2.05) is 35.2 Å². The number of carbonyl (C=O) groups excluding carboxylic acids is 2. The molecule has 6 nitrogen and oxygen atoms in total. The smallest absolute Gasteiger partial charge is 0.289 e. The van der Waals surface area contributed by atoms with Crippen molar-refractivity contribution < 1.29 is 18.7 Å². The number of nitrogens with zero attached hydrogens (tertiary/aromatic N) is 2. The molecule has 5 rings (SSSR count).